The highest BCUT2D eigenvalue weighted by atomic mass is 16.5. The fraction of sp³-hybridized carbons (Fsp3) is 0.429. The maximum Gasteiger partial charge on any atom is 0.227 e. The van der Waals surface area contributed by atoms with Gasteiger partial charge in [0.2, 0.25) is 5.95 Å². The molecular formula is C14H19N5O. The molecule has 6 nitrogen and oxygen atoms in total. The number of hydrogen-bond acceptors (Lipinski definition) is 5. The zero-order valence-electron chi connectivity index (χ0n) is 11.8. The molecule has 1 aromatic heterocycles. The minimum atomic E-state index is 0.815. The van der Waals surface area contributed by atoms with Crippen molar-refractivity contribution in [3.8, 4) is 17.1 Å². The highest BCUT2D eigenvalue weighted by Gasteiger charge is 2.19. The minimum Gasteiger partial charge on any atom is -0.496 e. The van der Waals surface area contributed by atoms with E-state index in [1.165, 1.54) is 0 Å². The third-order valence-electron chi connectivity index (χ3n) is 3.60. The lowest BCUT2D eigenvalue weighted by Crippen LogP contribution is -2.44. The van der Waals surface area contributed by atoms with Gasteiger partial charge >= 0.3 is 0 Å². The molecule has 0 unspecified atom stereocenters. The van der Waals surface area contributed by atoms with Gasteiger partial charge in [-0.25, -0.2) is 0 Å². The summed E-state index contributed by atoms with van der Waals surface area (Å²) in [7, 11) is 3.67. The zero-order chi connectivity index (χ0) is 13.9. The SMILES string of the molecule is COc1ccccc1-c1nnc(N2CCNCC2)n1C. The second kappa shape index (κ2) is 5.50. The van der Waals surface area contributed by atoms with Gasteiger partial charge in [-0.15, -0.1) is 10.2 Å². The molecule has 0 bridgehead atoms. The maximum atomic E-state index is 5.40. The van der Waals surface area contributed by atoms with Gasteiger partial charge in [0.05, 0.1) is 12.7 Å². The summed E-state index contributed by atoms with van der Waals surface area (Å²) in [5, 5.41) is 12.0. The van der Waals surface area contributed by atoms with Crippen molar-refractivity contribution in [2.45, 2.75) is 0 Å². The minimum absolute atomic E-state index is 0.815. The molecule has 106 valence electrons. The van der Waals surface area contributed by atoms with E-state index in [0.29, 0.717) is 0 Å². The third kappa shape index (κ3) is 2.22. The van der Waals surface area contributed by atoms with Gasteiger partial charge in [-0.2, -0.15) is 0 Å². The van der Waals surface area contributed by atoms with Crippen molar-refractivity contribution in [3.63, 3.8) is 0 Å². The molecule has 0 amide bonds. The Bertz CT molecular complexity index is 589. The lowest BCUT2D eigenvalue weighted by Gasteiger charge is -2.27. The van der Waals surface area contributed by atoms with E-state index in [1.807, 2.05) is 35.9 Å². The van der Waals surface area contributed by atoms with Crippen LogP contribution in [0.3, 0.4) is 0 Å². The van der Waals surface area contributed by atoms with Crippen LogP contribution in [0.25, 0.3) is 11.4 Å². The average molecular weight is 273 g/mol. The van der Waals surface area contributed by atoms with Gasteiger partial charge in [-0.05, 0) is 12.1 Å². The van der Waals surface area contributed by atoms with Gasteiger partial charge in [-0.3, -0.25) is 4.57 Å². The number of methoxy groups -OCH3 is 1. The number of anilines is 1. The summed E-state index contributed by atoms with van der Waals surface area (Å²) in [6.45, 7) is 3.88. The number of nitrogens with zero attached hydrogens (tertiary/aromatic N) is 4. The first-order chi connectivity index (χ1) is 9.81. The lowest BCUT2D eigenvalue weighted by molar-refractivity contribution is 0.416. The first kappa shape index (κ1) is 12.9. The molecule has 0 atom stereocenters. The Kier molecular flexibility index (Phi) is 3.56. The number of para-hydroxylation sites is 1. The van der Waals surface area contributed by atoms with Gasteiger partial charge in [0.15, 0.2) is 5.82 Å². The first-order valence-electron chi connectivity index (χ1n) is 6.79. The molecule has 6 heteroatoms. The van der Waals surface area contributed by atoms with E-state index in [0.717, 1.165) is 49.3 Å². The number of hydrogen-bond donors (Lipinski definition) is 1. The molecule has 1 aliphatic rings. The molecule has 1 saturated heterocycles. The predicted molar refractivity (Wildman–Crippen MR) is 78.1 cm³/mol. The fourth-order valence-corrected chi connectivity index (χ4v) is 2.53. The lowest BCUT2D eigenvalue weighted by atomic mass is 10.2. The topological polar surface area (TPSA) is 55.2 Å². The normalized spacial score (nSPS) is 15.4. The Labute approximate surface area is 118 Å². The number of nitrogens with one attached hydrogen (secondary N) is 1. The Hall–Kier alpha value is -2.08. The van der Waals surface area contributed by atoms with Crippen LogP contribution in [0.2, 0.25) is 0 Å². The number of benzene rings is 1. The summed E-state index contributed by atoms with van der Waals surface area (Å²) < 4.78 is 7.44. The highest BCUT2D eigenvalue weighted by molar-refractivity contribution is 5.65. The summed E-state index contributed by atoms with van der Waals surface area (Å²) in [6.07, 6.45) is 0. The summed E-state index contributed by atoms with van der Waals surface area (Å²) in [5.41, 5.74) is 0.964. The Morgan fingerprint density at radius 2 is 1.90 bits per heavy atom. The molecule has 0 saturated carbocycles. The van der Waals surface area contributed by atoms with E-state index in [2.05, 4.69) is 20.4 Å². The van der Waals surface area contributed by atoms with Crippen molar-refractivity contribution in [1.82, 2.24) is 20.1 Å². The monoisotopic (exact) mass is 273 g/mol. The molecule has 0 aliphatic carbocycles. The molecule has 1 fully saturated rings. The van der Waals surface area contributed by atoms with Crippen LogP contribution >= 0.6 is 0 Å². The standard InChI is InChI=1S/C14H19N5O/c1-18-13(11-5-3-4-6-12(11)20-2)16-17-14(18)19-9-7-15-8-10-19/h3-6,15H,7-10H2,1-2H3. The van der Waals surface area contributed by atoms with E-state index in [1.54, 1.807) is 7.11 Å². The van der Waals surface area contributed by atoms with Crippen molar-refractivity contribution in [3.05, 3.63) is 24.3 Å². The predicted octanol–water partition coefficient (Wildman–Crippen LogP) is 0.900. The van der Waals surface area contributed by atoms with Crippen LogP contribution in [0.4, 0.5) is 5.95 Å². The van der Waals surface area contributed by atoms with Crippen LogP contribution in [-0.2, 0) is 7.05 Å². The highest BCUT2D eigenvalue weighted by Crippen LogP contribution is 2.29. The number of rotatable bonds is 3. The first-order valence-corrected chi connectivity index (χ1v) is 6.79. The Morgan fingerprint density at radius 1 is 1.15 bits per heavy atom. The summed E-state index contributed by atoms with van der Waals surface area (Å²) in [6, 6.07) is 7.88. The number of ether oxygens (including phenoxy) is 1. The molecular weight excluding hydrogens is 254 g/mol. The van der Waals surface area contributed by atoms with Gasteiger partial charge in [0.1, 0.15) is 5.75 Å². The van der Waals surface area contributed by atoms with E-state index in [9.17, 15) is 0 Å². The van der Waals surface area contributed by atoms with E-state index < -0.39 is 0 Å². The Balaban J connectivity index is 1.97. The number of piperazine rings is 1. The van der Waals surface area contributed by atoms with Gasteiger partial charge in [-0.1, -0.05) is 12.1 Å². The summed E-state index contributed by atoms with van der Waals surface area (Å²) >= 11 is 0. The quantitative estimate of drug-likeness (QED) is 0.900. The maximum absolute atomic E-state index is 5.40. The van der Waals surface area contributed by atoms with Crippen LogP contribution < -0.4 is 15.0 Å². The molecule has 0 radical (unpaired) electrons. The average Bonchev–Trinajstić information content (AvgIpc) is 2.89. The van der Waals surface area contributed by atoms with Crippen molar-refractivity contribution >= 4 is 5.95 Å². The van der Waals surface area contributed by atoms with Gasteiger partial charge in [0.25, 0.3) is 0 Å². The van der Waals surface area contributed by atoms with Crippen LogP contribution in [0.15, 0.2) is 24.3 Å². The Morgan fingerprint density at radius 3 is 2.65 bits per heavy atom. The largest absolute Gasteiger partial charge is 0.496 e. The summed E-state index contributed by atoms with van der Waals surface area (Å²) in [4.78, 5) is 2.25. The summed E-state index contributed by atoms with van der Waals surface area (Å²) in [5.74, 6) is 2.55. The molecule has 3 rings (SSSR count). The molecule has 20 heavy (non-hydrogen) atoms. The van der Waals surface area contributed by atoms with E-state index >= 15 is 0 Å². The fourth-order valence-electron chi connectivity index (χ4n) is 2.53. The molecule has 1 aliphatic heterocycles. The van der Waals surface area contributed by atoms with Gasteiger partial charge in [0, 0.05) is 33.2 Å². The van der Waals surface area contributed by atoms with Crippen molar-refractivity contribution in [2.24, 2.45) is 7.05 Å². The van der Waals surface area contributed by atoms with Crippen LogP contribution in [0.5, 0.6) is 5.75 Å². The van der Waals surface area contributed by atoms with Crippen molar-refractivity contribution in [2.75, 3.05) is 38.2 Å². The molecule has 2 aromatic rings. The van der Waals surface area contributed by atoms with E-state index in [-0.39, 0.29) is 0 Å². The number of aromatic nitrogens is 3. The molecule has 1 N–H and O–H groups in total. The molecule has 2 heterocycles. The second-order valence-electron chi connectivity index (χ2n) is 4.82. The van der Waals surface area contributed by atoms with Crippen LogP contribution in [-0.4, -0.2) is 48.1 Å². The van der Waals surface area contributed by atoms with Crippen LogP contribution in [0.1, 0.15) is 0 Å². The molecule has 0 spiro atoms. The van der Waals surface area contributed by atoms with Crippen LogP contribution in [0, 0.1) is 0 Å². The molecule has 1 aromatic carbocycles. The van der Waals surface area contributed by atoms with E-state index in [4.69, 9.17) is 4.74 Å². The third-order valence-corrected chi connectivity index (χ3v) is 3.60. The van der Waals surface area contributed by atoms with Crippen molar-refractivity contribution in [1.29, 1.82) is 0 Å². The second-order valence-corrected chi connectivity index (χ2v) is 4.82. The van der Waals surface area contributed by atoms with Crippen molar-refractivity contribution < 1.29 is 4.74 Å². The van der Waals surface area contributed by atoms with Gasteiger partial charge < -0.3 is 15.0 Å². The zero-order valence-corrected chi connectivity index (χ0v) is 11.8. The smallest absolute Gasteiger partial charge is 0.227 e.